The molecule has 1 aliphatic rings. The van der Waals surface area contributed by atoms with Gasteiger partial charge in [0.2, 0.25) is 0 Å². The molecule has 0 bridgehead atoms. The molecular formula is C9H19IN2. The predicted octanol–water partition coefficient (Wildman–Crippen LogP) is 2.47. The quantitative estimate of drug-likeness (QED) is 0.734. The van der Waals surface area contributed by atoms with Gasteiger partial charge in [0, 0.05) is 26.0 Å². The second kappa shape index (κ2) is 5.67. The van der Waals surface area contributed by atoms with E-state index in [4.69, 9.17) is 0 Å². The van der Waals surface area contributed by atoms with Crippen molar-refractivity contribution in [1.82, 2.24) is 9.80 Å². The van der Waals surface area contributed by atoms with E-state index in [0.29, 0.717) is 6.17 Å². The van der Waals surface area contributed by atoms with Gasteiger partial charge >= 0.3 is 0 Å². The Morgan fingerprint density at radius 2 is 2.00 bits per heavy atom. The highest BCUT2D eigenvalue weighted by molar-refractivity contribution is 14.0. The minimum atomic E-state index is 0. The van der Waals surface area contributed by atoms with Crippen LogP contribution in [0.15, 0.2) is 12.4 Å². The number of hydrogen-bond acceptors (Lipinski definition) is 2. The summed E-state index contributed by atoms with van der Waals surface area (Å²) in [5.41, 5.74) is 0. The number of unbranched alkanes of at least 4 members (excludes halogenated alkanes) is 1. The molecule has 0 fully saturated rings. The Morgan fingerprint density at radius 3 is 2.42 bits per heavy atom. The van der Waals surface area contributed by atoms with Crippen LogP contribution in [0.25, 0.3) is 0 Å². The van der Waals surface area contributed by atoms with Crippen LogP contribution >= 0.6 is 24.0 Å². The van der Waals surface area contributed by atoms with E-state index >= 15 is 0 Å². The van der Waals surface area contributed by atoms with Crippen LogP contribution in [0.2, 0.25) is 0 Å². The third-order valence-electron chi connectivity index (χ3n) is 2.33. The first-order valence-corrected chi connectivity index (χ1v) is 4.41. The Hall–Kier alpha value is 0.0700. The summed E-state index contributed by atoms with van der Waals surface area (Å²) in [4.78, 5) is 4.61. The van der Waals surface area contributed by atoms with E-state index < -0.39 is 0 Å². The third-order valence-corrected chi connectivity index (χ3v) is 2.33. The SMILES string of the molecule is CCCCN1C=CN(C)C1C.I. The summed E-state index contributed by atoms with van der Waals surface area (Å²) < 4.78 is 0. The Labute approximate surface area is 92.6 Å². The Balaban J connectivity index is 0.00000121. The molecule has 1 atom stereocenters. The van der Waals surface area contributed by atoms with Crippen LogP contribution < -0.4 is 0 Å². The van der Waals surface area contributed by atoms with Gasteiger partial charge in [0.05, 0.1) is 6.17 Å². The fraction of sp³-hybridized carbons (Fsp3) is 0.778. The van der Waals surface area contributed by atoms with Gasteiger partial charge in [-0.3, -0.25) is 0 Å². The molecule has 1 aliphatic heterocycles. The van der Waals surface area contributed by atoms with Crippen LogP contribution in [-0.4, -0.2) is 29.6 Å². The fourth-order valence-corrected chi connectivity index (χ4v) is 1.28. The molecule has 0 aromatic rings. The van der Waals surface area contributed by atoms with E-state index in [1.165, 1.54) is 19.4 Å². The van der Waals surface area contributed by atoms with Crippen molar-refractivity contribution in [2.24, 2.45) is 0 Å². The highest BCUT2D eigenvalue weighted by Gasteiger charge is 2.16. The van der Waals surface area contributed by atoms with Crippen LogP contribution in [0.1, 0.15) is 26.7 Å². The van der Waals surface area contributed by atoms with E-state index in [2.05, 4.69) is 43.1 Å². The van der Waals surface area contributed by atoms with Gasteiger partial charge < -0.3 is 9.80 Å². The molecule has 0 saturated heterocycles. The summed E-state index contributed by atoms with van der Waals surface area (Å²) in [6.45, 7) is 5.66. The predicted molar refractivity (Wildman–Crippen MR) is 63.4 cm³/mol. The average Bonchev–Trinajstić information content (AvgIpc) is 2.31. The second-order valence-electron chi connectivity index (χ2n) is 3.19. The Bertz CT molecular complexity index is 147. The first kappa shape index (κ1) is 12.1. The summed E-state index contributed by atoms with van der Waals surface area (Å²) in [5.74, 6) is 0. The number of halogens is 1. The molecule has 0 N–H and O–H groups in total. The summed E-state index contributed by atoms with van der Waals surface area (Å²) in [6, 6.07) is 0. The lowest BCUT2D eigenvalue weighted by Crippen LogP contribution is -2.33. The van der Waals surface area contributed by atoms with Gasteiger partial charge in [0.25, 0.3) is 0 Å². The molecule has 1 unspecified atom stereocenters. The molecule has 2 nitrogen and oxygen atoms in total. The minimum absolute atomic E-state index is 0. The molecule has 1 heterocycles. The van der Waals surface area contributed by atoms with Gasteiger partial charge in [0.1, 0.15) is 0 Å². The molecule has 12 heavy (non-hydrogen) atoms. The van der Waals surface area contributed by atoms with Crippen LogP contribution in [0.3, 0.4) is 0 Å². The van der Waals surface area contributed by atoms with Crippen LogP contribution in [0.4, 0.5) is 0 Å². The smallest absolute Gasteiger partial charge is 0.0974 e. The Kier molecular flexibility index (Phi) is 5.70. The lowest BCUT2D eigenvalue weighted by atomic mass is 10.3. The van der Waals surface area contributed by atoms with E-state index in [9.17, 15) is 0 Å². The molecule has 0 amide bonds. The molecule has 0 saturated carbocycles. The molecule has 0 aromatic carbocycles. The molecule has 72 valence electrons. The maximum absolute atomic E-state index is 2.38. The van der Waals surface area contributed by atoms with Gasteiger partial charge in [-0.15, -0.1) is 24.0 Å². The van der Waals surface area contributed by atoms with Crippen molar-refractivity contribution < 1.29 is 0 Å². The van der Waals surface area contributed by atoms with Crippen molar-refractivity contribution in [2.45, 2.75) is 32.9 Å². The first-order valence-electron chi connectivity index (χ1n) is 4.41. The molecule has 0 spiro atoms. The number of rotatable bonds is 3. The van der Waals surface area contributed by atoms with Crippen molar-refractivity contribution >= 4 is 24.0 Å². The zero-order valence-corrected chi connectivity index (χ0v) is 10.5. The molecule has 0 aromatic heterocycles. The van der Waals surface area contributed by atoms with Gasteiger partial charge in [0.15, 0.2) is 0 Å². The molecule has 1 rings (SSSR count). The largest absolute Gasteiger partial charge is 0.359 e. The monoisotopic (exact) mass is 282 g/mol. The summed E-state index contributed by atoms with van der Waals surface area (Å²) >= 11 is 0. The Morgan fingerprint density at radius 1 is 1.33 bits per heavy atom. The van der Waals surface area contributed by atoms with Crippen LogP contribution in [-0.2, 0) is 0 Å². The first-order chi connectivity index (χ1) is 5.25. The van der Waals surface area contributed by atoms with Gasteiger partial charge in [-0.05, 0) is 13.3 Å². The standard InChI is InChI=1S/C9H18N2.HI/c1-4-5-6-11-8-7-10(3)9(11)2;/h7-9H,4-6H2,1-3H3;1H. The maximum Gasteiger partial charge on any atom is 0.0974 e. The topological polar surface area (TPSA) is 6.48 Å². The van der Waals surface area contributed by atoms with Gasteiger partial charge in [-0.25, -0.2) is 0 Å². The lowest BCUT2D eigenvalue weighted by Gasteiger charge is -2.26. The summed E-state index contributed by atoms with van der Waals surface area (Å²) in [6.07, 6.45) is 7.45. The fourth-order valence-electron chi connectivity index (χ4n) is 1.28. The molecule has 0 aliphatic carbocycles. The van der Waals surface area contributed by atoms with Crippen molar-refractivity contribution in [2.75, 3.05) is 13.6 Å². The van der Waals surface area contributed by atoms with Crippen LogP contribution in [0, 0.1) is 0 Å². The van der Waals surface area contributed by atoms with Gasteiger partial charge in [-0.2, -0.15) is 0 Å². The summed E-state index contributed by atoms with van der Waals surface area (Å²) in [7, 11) is 2.12. The van der Waals surface area contributed by atoms with Crippen molar-refractivity contribution in [1.29, 1.82) is 0 Å². The van der Waals surface area contributed by atoms with Crippen molar-refractivity contribution in [3.63, 3.8) is 0 Å². The second-order valence-corrected chi connectivity index (χ2v) is 3.19. The number of nitrogens with zero attached hydrogens (tertiary/aromatic N) is 2. The molecule has 3 heteroatoms. The summed E-state index contributed by atoms with van der Waals surface area (Å²) in [5, 5.41) is 0. The normalized spacial score (nSPS) is 21.4. The third kappa shape index (κ3) is 2.84. The number of hydrogen-bond donors (Lipinski definition) is 0. The highest BCUT2D eigenvalue weighted by Crippen LogP contribution is 2.13. The van der Waals surface area contributed by atoms with Gasteiger partial charge in [-0.1, -0.05) is 13.3 Å². The lowest BCUT2D eigenvalue weighted by molar-refractivity contribution is 0.193. The van der Waals surface area contributed by atoms with E-state index in [0.717, 1.165) is 0 Å². The maximum atomic E-state index is 2.38. The average molecular weight is 282 g/mol. The highest BCUT2D eigenvalue weighted by atomic mass is 127. The van der Waals surface area contributed by atoms with E-state index in [1.807, 2.05) is 0 Å². The molecular weight excluding hydrogens is 263 g/mol. The van der Waals surface area contributed by atoms with E-state index in [1.54, 1.807) is 0 Å². The zero-order valence-electron chi connectivity index (χ0n) is 8.16. The van der Waals surface area contributed by atoms with Crippen molar-refractivity contribution in [3.05, 3.63) is 12.4 Å². The van der Waals surface area contributed by atoms with Crippen molar-refractivity contribution in [3.8, 4) is 0 Å². The molecule has 0 radical (unpaired) electrons. The van der Waals surface area contributed by atoms with E-state index in [-0.39, 0.29) is 24.0 Å². The minimum Gasteiger partial charge on any atom is -0.359 e. The zero-order chi connectivity index (χ0) is 8.27. The van der Waals surface area contributed by atoms with Crippen LogP contribution in [0.5, 0.6) is 0 Å².